The molecule has 1 aliphatic carbocycles. The second kappa shape index (κ2) is 9.00. The standard InChI is InChI=1S/C22H22O7/c1-27-18-13-12-17(29-21(25)16-10-6-3-7-11-16)19(23)22(18,26)14-28-20(24)15-8-4-2-5-9-15/h2-13,17-19,23,26H,14H2,1H3/t17-,18+,19-,22+/m0/s1. The van der Waals surface area contributed by atoms with E-state index in [1.807, 2.05) is 0 Å². The molecule has 7 nitrogen and oxygen atoms in total. The third kappa shape index (κ3) is 4.54. The highest BCUT2D eigenvalue weighted by molar-refractivity contribution is 5.90. The van der Waals surface area contributed by atoms with E-state index in [1.165, 1.54) is 19.3 Å². The number of aliphatic hydroxyl groups excluding tert-OH is 1. The lowest BCUT2D eigenvalue weighted by molar-refractivity contribution is -0.189. The van der Waals surface area contributed by atoms with E-state index in [4.69, 9.17) is 14.2 Å². The quantitative estimate of drug-likeness (QED) is 0.564. The molecule has 0 spiro atoms. The summed E-state index contributed by atoms with van der Waals surface area (Å²) >= 11 is 0. The first kappa shape index (κ1) is 20.7. The molecule has 0 bridgehead atoms. The second-order valence-electron chi connectivity index (χ2n) is 6.66. The van der Waals surface area contributed by atoms with Crippen LogP contribution in [0.5, 0.6) is 0 Å². The number of esters is 2. The molecule has 29 heavy (non-hydrogen) atoms. The van der Waals surface area contributed by atoms with E-state index in [2.05, 4.69) is 0 Å². The van der Waals surface area contributed by atoms with Gasteiger partial charge in [-0.3, -0.25) is 0 Å². The van der Waals surface area contributed by atoms with E-state index in [0.29, 0.717) is 11.1 Å². The van der Waals surface area contributed by atoms with Gasteiger partial charge < -0.3 is 24.4 Å². The number of aliphatic hydroxyl groups is 2. The molecule has 0 aromatic heterocycles. The average Bonchev–Trinajstić information content (AvgIpc) is 2.76. The van der Waals surface area contributed by atoms with E-state index in [1.54, 1.807) is 60.7 Å². The maximum absolute atomic E-state index is 12.3. The van der Waals surface area contributed by atoms with Crippen molar-refractivity contribution in [1.29, 1.82) is 0 Å². The van der Waals surface area contributed by atoms with Gasteiger partial charge in [-0.1, -0.05) is 42.5 Å². The Morgan fingerprint density at radius 3 is 2.03 bits per heavy atom. The molecule has 7 heteroatoms. The molecule has 0 saturated carbocycles. The second-order valence-corrected chi connectivity index (χ2v) is 6.66. The van der Waals surface area contributed by atoms with Crippen molar-refractivity contribution in [2.24, 2.45) is 0 Å². The lowest BCUT2D eigenvalue weighted by Gasteiger charge is -2.42. The highest BCUT2D eigenvalue weighted by atomic mass is 16.6. The fraction of sp³-hybridized carbons (Fsp3) is 0.273. The molecule has 0 saturated heterocycles. The Hall–Kier alpha value is -3.00. The van der Waals surface area contributed by atoms with E-state index < -0.39 is 42.5 Å². The summed E-state index contributed by atoms with van der Waals surface area (Å²) in [7, 11) is 1.35. The van der Waals surface area contributed by atoms with Crippen molar-refractivity contribution in [2.75, 3.05) is 13.7 Å². The normalized spacial score (nSPS) is 26.0. The lowest BCUT2D eigenvalue weighted by atomic mass is 9.82. The van der Waals surface area contributed by atoms with Gasteiger partial charge in [0.1, 0.15) is 24.9 Å². The molecule has 0 heterocycles. The first-order valence-corrected chi connectivity index (χ1v) is 9.05. The van der Waals surface area contributed by atoms with Crippen LogP contribution >= 0.6 is 0 Å². The molecule has 1 aliphatic rings. The molecular formula is C22H22O7. The smallest absolute Gasteiger partial charge is 0.338 e. The zero-order chi connectivity index (χ0) is 20.9. The van der Waals surface area contributed by atoms with Crippen molar-refractivity contribution in [3.05, 3.63) is 83.9 Å². The Labute approximate surface area is 168 Å². The van der Waals surface area contributed by atoms with E-state index in [9.17, 15) is 19.8 Å². The SMILES string of the molecule is CO[C@@H]1C=C[C@H](OC(=O)c2ccccc2)[C@H](O)[C@@]1(O)COC(=O)c1ccccc1. The van der Waals surface area contributed by atoms with Crippen LogP contribution in [0.15, 0.2) is 72.8 Å². The summed E-state index contributed by atoms with van der Waals surface area (Å²) < 4.78 is 15.8. The van der Waals surface area contributed by atoms with Gasteiger partial charge in [0.2, 0.25) is 0 Å². The van der Waals surface area contributed by atoms with Crippen LogP contribution in [0.3, 0.4) is 0 Å². The molecule has 0 aliphatic heterocycles. The molecule has 0 unspecified atom stereocenters. The zero-order valence-electron chi connectivity index (χ0n) is 15.8. The maximum atomic E-state index is 12.3. The molecule has 2 N–H and O–H groups in total. The van der Waals surface area contributed by atoms with Crippen LogP contribution in [0.4, 0.5) is 0 Å². The summed E-state index contributed by atoms with van der Waals surface area (Å²) in [6.45, 7) is -0.551. The van der Waals surface area contributed by atoms with Gasteiger partial charge in [-0.25, -0.2) is 9.59 Å². The summed E-state index contributed by atoms with van der Waals surface area (Å²) in [5, 5.41) is 21.8. The summed E-state index contributed by atoms with van der Waals surface area (Å²) in [6, 6.07) is 16.5. The predicted octanol–water partition coefficient (Wildman–Crippen LogP) is 1.75. The molecule has 2 aromatic rings. The number of carbonyl (C=O) groups is 2. The van der Waals surface area contributed by atoms with Crippen LogP contribution < -0.4 is 0 Å². The van der Waals surface area contributed by atoms with Crippen LogP contribution in [-0.2, 0) is 14.2 Å². The Kier molecular flexibility index (Phi) is 6.43. The number of rotatable bonds is 6. The molecule has 152 valence electrons. The molecule has 0 amide bonds. The van der Waals surface area contributed by atoms with E-state index in [0.717, 1.165) is 0 Å². The third-order valence-corrected chi connectivity index (χ3v) is 4.74. The summed E-state index contributed by atoms with van der Waals surface area (Å²) in [4.78, 5) is 24.5. The van der Waals surface area contributed by atoms with Gasteiger partial charge in [0, 0.05) is 7.11 Å². The van der Waals surface area contributed by atoms with Crippen LogP contribution in [0.1, 0.15) is 20.7 Å². The van der Waals surface area contributed by atoms with Gasteiger partial charge in [0.05, 0.1) is 11.1 Å². The van der Waals surface area contributed by atoms with Crippen molar-refractivity contribution in [3.63, 3.8) is 0 Å². The van der Waals surface area contributed by atoms with Crippen molar-refractivity contribution < 1.29 is 34.0 Å². The summed E-state index contributed by atoms with van der Waals surface area (Å²) in [5.74, 6) is -1.31. The monoisotopic (exact) mass is 398 g/mol. The molecule has 0 fully saturated rings. The average molecular weight is 398 g/mol. The van der Waals surface area contributed by atoms with Crippen molar-refractivity contribution in [2.45, 2.75) is 23.9 Å². The minimum absolute atomic E-state index is 0.304. The number of hydrogen-bond donors (Lipinski definition) is 2. The number of carbonyl (C=O) groups excluding carboxylic acids is 2. The number of hydrogen-bond acceptors (Lipinski definition) is 7. The summed E-state index contributed by atoms with van der Waals surface area (Å²) in [5.41, 5.74) is -1.39. The Morgan fingerprint density at radius 1 is 0.931 bits per heavy atom. The third-order valence-electron chi connectivity index (χ3n) is 4.74. The summed E-state index contributed by atoms with van der Waals surface area (Å²) in [6.07, 6.45) is -0.782. The first-order valence-electron chi connectivity index (χ1n) is 9.05. The number of ether oxygens (including phenoxy) is 3. The van der Waals surface area contributed by atoms with Gasteiger partial charge in [-0.05, 0) is 30.3 Å². The Balaban J connectivity index is 1.73. The minimum atomic E-state index is -2.00. The Bertz CT molecular complexity index is 865. The number of benzene rings is 2. The van der Waals surface area contributed by atoms with Crippen molar-refractivity contribution in [1.82, 2.24) is 0 Å². The molecule has 3 rings (SSSR count). The molecule has 2 aromatic carbocycles. The topological polar surface area (TPSA) is 102 Å². The van der Waals surface area contributed by atoms with E-state index >= 15 is 0 Å². The van der Waals surface area contributed by atoms with Crippen LogP contribution in [0.25, 0.3) is 0 Å². The lowest BCUT2D eigenvalue weighted by Crippen LogP contribution is -2.62. The van der Waals surface area contributed by atoms with Gasteiger partial charge >= 0.3 is 11.9 Å². The fourth-order valence-electron chi connectivity index (χ4n) is 3.09. The van der Waals surface area contributed by atoms with E-state index in [-0.39, 0.29) is 0 Å². The predicted molar refractivity (Wildman–Crippen MR) is 103 cm³/mol. The van der Waals surface area contributed by atoms with Crippen LogP contribution in [-0.4, -0.2) is 59.8 Å². The first-order chi connectivity index (χ1) is 14.0. The molecule has 0 radical (unpaired) electrons. The van der Waals surface area contributed by atoms with Crippen LogP contribution in [0.2, 0.25) is 0 Å². The van der Waals surface area contributed by atoms with Crippen molar-refractivity contribution >= 4 is 11.9 Å². The van der Waals surface area contributed by atoms with Crippen LogP contribution in [0, 0.1) is 0 Å². The maximum Gasteiger partial charge on any atom is 0.338 e. The van der Waals surface area contributed by atoms with Gasteiger partial charge in [0.25, 0.3) is 0 Å². The molecular weight excluding hydrogens is 376 g/mol. The zero-order valence-corrected chi connectivity index (χ0v) is 15.8. The van der Waals surface area contributed by atoms with Gasteiger partial charge in [0.15, 0.2) is 5.60 Å². The fourth-order valence-corrected chi connectivity index (χ4v) is 3.09. The highest BCUT2D eigenvalue weighted by Gasteiger charge is 2.51. The van der Waals surface area contributed by atoms with Gasteiger partial charge in [-0.2, -0.15) is 0 Å². The van der Waals surface area contributed by atoms with Crippen molar-refractivity contribution in [3.8, 4) is 0 Å². The number of methoxy groups -OCH3 is 1. The highest BCUT2D eigenvalue weighted by Crippen LogP contribution is 2.29. The minimum Gasteiger partial charge on any atom is -0.459 e. The molecule has 4 atom stereocenters. The largest absolute Gasteiger partial charge is 0.459 e. The Morgan fingerprint density at radius 2 is 1.48 bits per heavy atom. The van der Waals surface area contributed by atoms with Gasteiger partial charge in [-0.15, -0.1) is 0 Å².